The van der Waals surface area contributed by atoms with Gasteiger partial charge in [-0.2, -0.15) is 10.1 Å². The van der Waals surface area contributed by atoms with Gasteiger partial charge >= 0.3 is 0 Å². The fourth-order valence-corrected chi connectivity index (χ4v) is 4.47. The second kappa shape index (κ2) is 10.7. The van der Waals surface area contributed by atoms with Crippen LogP contribution in [0.1, 0.15) is 29.5 Å². The number of piperazine rings is 1. The summed E-state index contributed by atoms with van der Waals surface area (Å²) >= 11 is 0. The molecule has 4 aromatic rings. The SMILES string of the molecule is Cc1ccc(-c2noc(CCCN3CCN(C(=O)C(c4ccccc4)n4cccn4)CC3)n2)cc1. The van der Waals surface area contributed by atoms with E-state index < -0.39 is 6.04 Å². The van der Waals surface area contributed by atoms with Crippen LogP contribution >= 0.6 is 0 Å². The summed E-state index contributed by atoms with van der Waals surface area (Å²) < 4.78 is 7.20. The van der Waals surface area contributed by atoms with Gasteiger partial charge in [0, 0.05) is 50.6 Å². The van der Waals surface area contributed by atoms with E-state index in [4.69, 9.17) is 4.52 Å². The van der Waals surface area contributed by atoms with Crippen LogP contribution in [0.15, 0.2) is 77.6 Å². The third-order valence-electron chi connectivity index (χ3n) is 6.47. The van der Waals surface area contributed by atoms with Crippen molar-refractivity contribution in [1.29, 1.82) is 0 Å². The van der Waals surface area contributed by atoms with E-state index in [9.17, 15) is 4.79 Å². The molecule has 0 saturated carbocycles. The predicted molar refractivity (Wildman–Crippen MR) is 133 cm³/mol. The molecule has 2 aromatic carbocycles. The number of aromatic nitrogens is 4. The summed E-state index contributed by atoms with van der Waals surface area (Å²) in [6, 6.07) is 19.4. The molecule has 1 aliphatic rings. The molecule has 8 nitrogen and oxygen atoms in total. The van der Waals surface area contributed by atoms with Crippen molar-refractivity contribution in [2.75, 3.05) is 32.7 Å². The Hall–Kier alpha value is -3.78. The van der Waals surface area contributed by atoms with Crippen molar-refractivity contribution in [3.05, 3.63) is 90.1 Å². The number of carbonyl (C=O) groups is 1. The van der Waals surface area contributed by atoms with Gasteiger partial charge in [0.1, 0.15) is 0 Å². The van der Waals surface area contributed by atoms with Gasteiger partial charge in [0.15, 0.2) is 6.04 Å². The monoisotopic (exact) mass is 470 g/mol. The third-order valence-corrected chi connectivity index (χ3v) is 6.47. The van der Waals surface area contributed by atoms with Crippen molar-refractivity contribution < 1.29 is 9.32 Å². The molecule has 180 valence electrons. The van der Waals surface area contributed by atoms with Crippen molar-refractivity contribution in [3.63, 3.8) is 0 Å². The summed E-state index contributed by atoms with van der Waals surface area (Å²) in [7, 11) is 0. The Kier molecular flexibility index (Phi) is 6.99. The van der Waals surface area contributed by atoms with Gasteiger partial charge in [-0.15, -0.1) is 0 Å². The van der Waals surface area contributed by atoms with Crippen LogP contribution < -0.4 is 0 Å². The van der Waals surface area contributed by atoms with Crippen LogP contribution in [0.2, 0.25) is 0 Å². The Morgan fingerprint density at radius 2 is 1.77 bits per heavy atom. The van der Waals surface area contributed by atoms with Crippen molar-refractivity contribution in [2.24, 2.45) is 0 Å². The smallest absolute Gasteiger partial charge is 0.252 e. The van der Waals surface area contributed by atoms with Crippen molar-refractivity contribution in [1.82, 2.24) is 29.7 Å². The highest BCUT2D eigenvalue weighted by atomic mass is 16.5. The van der Waals surface area contributed by atoms with E-state index in [1.165, 1.54) is 5.56 Å². The summed E-state index contributed by atoms with van der Waals surface area (Å²) in [6.07, 6.45) is 5.25. The Bertz CT molecular complexity index is 1210. The molecule has 0 bridgehead atoms. The lowest BCUT2D eigenvalue weighted by atomic mass is 10.1. The Morgan fingerprint density at radius 1 is 1.00 bits per heavy atom. The molecule has 5 rings (SSSR count). The minimum absolute atomic E-state index is 0.0917. The third kappa shape index (κ3) is 5.49. The first-order valence-electron chi connectivity index (χ1n) is 12.1. The standard InChI is InChI=1S/C27H30N6O2/c1-21-10-12-23(13-11-21)26-29-24(35-30-26)9-5-15-31-17-19-32(20-18-31)27(34)25(33-16-6-14-28-33)22-7-3-2-4-8-22/h2-4,6-8,10-14,16,25H,5,9,15,17-20H2,1H3. The normalized spacial score (nSPS) is 15.3. The first kappa shape index (κ1) is 23.0. The lowest BCUT2D eigenvalue weighted by Crippen LogP contribution is -2.50. The van der Waals surface area contributed by atoms with E-state index in [1.54, 1.807) is 10.9 Å². The first-order valence-corrected chi connectivity index (χ1v) is 12.1. The number of benzene rings is 2. The molecule has 1 aliphatic heterocycles. The van der Waals surface area contributed by atoms with Crippen LogP contribution in [0.4, 0.5) is 0 Å². The first-order chi connectivity index (χ1) is 17.2. The Labute approximate surface area is 205 Å². The number of nitrogens with zero attached hydrogens (tertiary/aromatic N) is 6. The van der Waals surface area contributed by atoms with Gasteiger partial charge in [-0.25, -0.2) is 0 Å². The second-order valence-corrected chi connectivity index (χ2v) is 8.95. The molecule has 8 heteroatoms. The maximum Gasteiger partial charge on any atom is 0.252 e. The molecule has 1 saturated heterocycles. The minimum atomic E-state index is -0.432. The molecule has 1 atom stereocenters. The highest BCUT2D eigenvalue weighted by Crippen LogP contribution is 2.21. The fourth-order valence-electron chi connectivity index (χ4n) is 4.47. The second-order valence-electron chi connectivity index (χ2n) is 8.95. The summed E-state index contributed by atoms with van der Waals surface area (Å²) in [6.45, 7) is 6.12. The van der Waals surface area contributed by atoms with Crippen LogP contribution in [-0.4, -0.2) is 68.4 Å². The van der Waals surface area contributed by atoms with E-state index in [-0.39, 0.29) is 5.91 Å². The Balaban J connectivity index is 1.12. The summed E-state index contributed by atoms with van der Waals surface area (Å²) in [5, 5.41) is 8.48. The molecule has 1 amide bonds. The summed E-state index contributed by atoms with van der Waals surface area (Å²) in [5.41, 5.74) is 3.12. The van der Waals surface area contributed by atoms with Gasteiger partial charge in [-0.05, 0) is 31.5 Å². The maximum atomic E-state index is 13.5. The molecule has 0 N–H and O–H groups in total. The average Bonchev–Trinajstić information content (AvgIpc) is 3.59. The number of hydrogen-bond donors (Lipinski definition) is 0. The molecule has 1 unspecified atom stereocenters. The number of aryl methyl sites for hydroxylation is 2. The van der Waals surface area contributed by atoms with Crippen molar-refractivity contribution in [3.8, 4) is 11.4 Å². The lowest BCUT2D eigenvalue weighted by Gasteiger charge is -2.36. The van der Waals surface area contributed by atoms with E-state index in [0.717, 1.165) is 43.6 Å². The van der Waals surface area contributed by atoms with Crippen LogP contribution in [0.25, 0.3) is 11.4 Å². The number of rotatable bonds is 8. The Morgan fingerprint density at radius 3 is 2.49 bits per heavy atom. The average molecular weight is 471 g/mol. The van der Waals surface area contributed by atoms with Crippen molar-refractivity contribution >= 4 is 5.91 Å². The fraction of sp³-hybridized carbons (Fsp3) is 0.333. The van der Waals surface area contributed by atoms with Gasteiger partial charge < -0.3 is 9.42 Å². The highest BCUT2D eigenvalue weighted by Gasteiger charge is 2.30. The topological polar surface area (TPSA) is 80.3 Å². The molecular formula is C27H30N6O2. The zero-order valence-corrected chi connectivity index (χ0v) is 20.0. The van der Waals surface area contributed by atoms with Crippen LogP contribution in [0, 0.1) is 6.92 Å². The summed E-state index contributed by atoms with van der Waals surface area (Å²) in [4.78, 5) is 22.4. The minimum Gasteiger partial charge on any atom is -0.339 e. The molecule has 0 radical (unpaired) electrons. The number of carbonyl (C=O) groups excluding carboxylic acids is 1. The van der Waals surface area contributed by atoms with Crippen LogP contribution in [-0.2, 0) is 11.2 Å². The van der Waals surface area contributed by atoms with Gasteiger partial charge in [-0.3, -0.25) is 14.4 Å². The van der Waals surface area contributed by atoms with E-state index >= 15 is 0 Å². The maximum absolute atomic E-state index is 13.5. The van der Waals surface area contributed by atoms with E-state index in [2.05, 4.69) is 27.1 Å². The number of amides is 1. The van der Waals surface area contributed by atoms with Crippen LogP contribution in [0.3, 0.4) is 0 Å². The molecule has 0 aliphatic carbocycles. The van der Waals surface area contributed by atoms with Gasteiger partial charge in [0.05, 0.1) is 0 Å². The van der Waals surface area contributed by atoms with Crippen molar-refractivity contribution in [2.45, 2.75) is 25.8 Å². The summed E-state index contributed by atoms with van der Waals surface area (Å²) in [5.74, 6) is 1.39. The van der Waals surface area contributed by atoms with Gasteiger partial charge in [0.25, 0.3) is 5.91 Å². The number of hydrogen-bond acceptors (Lipinski definition) is 6. The molecule has 0 spiro atoms. The lowest BCUT2D eigenvalue weighted by molar-refractivity contribution is -0.135. The quantitative estimate of drug-likeness (QED) is 0.391. The van der Waals surface area contributed by atoms with Gasteiger partial charge in [0.2, 0.25) is 11.7 Å². The van der Waals surface area contributed by atoms with Crippen LogP contribution in [0.5, 0.6) is 0 Å². The molecule has 1 fully saturated rings. The molecule has 3 heterocycles. The highest BCUT2D eigenvalue weighted by molar-refractivity contribution is 5.83. The van der Waals surface area contributed by atoms with Gasteiger partial charge in [-0.1, -0.05) is 65.3 Å². The predicted octanol–water partition coefficient (Wildman–Crippen LogP) is 3.61. The molecular weight excluding hydrogens is 440 g/mol. The zero-order valence-electron chi connectivity index (χ0n) is 20.0. The van der Waals surface area contributed by atoms with E-state index in [0.29, 0.717) is 24.8 Å². The molecule has 35 heavy (non-hydrogen) atoms. The largest absolute Gasteiger partial charge is 0.339 e. The molecule has 2 aromatic heterocycles. The van der Waals surface area contributed by atoms with E-state index in [1.807, 2.05) is 71.8 Å². The zero-order chi connectivity index (χ0) is 24.0.